The Labute approximate surface area is 145 Å². The van der Waals surface area contributed by atoms with E-state index in [1.807, 2.05) is 45.0 Å². The Balaban J connectivity index is 1.64. The van der Waals surface area contributed by atoms with Gasteiger partial charge in [0.2, 0.25) is 0 Å². The van der Waals surface area contributed by atoms with E-state index in [4.69, 9.17) is 4.74 Å². The molecule has 0 bridgehead atoms. The molecular formula is C18H24BrNO3. The standard InChI is InChI=1S/C18H24BrNO3/c1-16(2,3)23-15(21)20-11-17(12-20)7-8-18(22,10-17)13-5-4-6-14(19)9-13/h4-6,9,22H,7-8,10-12H2,1-3H3. The molecule has 1 aromatic rings. The highest BCUT2D eigenvalue weighted by molar-refractivity contribution is 9.10. The molecule has 1 unspecified atom stereocenters. The van der Waals surface area contributed by atoms with Gasteiger partial charge in [-0.3, -0.25) is 0 Å². The van der Waals surface area contributed by atoms with Crippen LogP contribution < -0.4 is 0 Å². The van der Waals surface area contributed by atoms with Crippen LogP contribution in [0.15, 0.2) is 28.7 Å². The minimum absolute atomic E-state index is 0.0357. The van der Waals surface area contributed by atoms with Crippen molar-refractivity contribution in [3.05, 3.63) is 34.3 Å². The highest BCUT2D eigenvalue weighted by atomic mass is 79.9. The van der Waals surface area contributed by atoms with Crippen molar-refractivity contribution in [1.29, 1.82) is 0 Å². The molecule has 1 heterocycles. The summed E-state index contributed by atoms with van der Waals surface area (Å²) in [5.74, 6) is 0. The zero-order chi connectivity index (χ0) is 16.9. The van der Waals surface area contributed by atoms with Crippen LogP contribution in [0.4, 0.5) is 4.79 Å². The highest BCUT2D eigenvalue weighted by Gasteiger charge is 2.55. The largest absolute Gasteiger partial charge is 0.444 e. The third-order valence-electron chi connectivity index (χ3n) is 4.80. The van der Waals surface area contributed by atoms with Crippen LogP contribution in [0.25, 0.3) is 0 Å². The van der Waals surface area contributed by atoms with Crippen molar-refractivity contribution in [3.63, 3.8) is 0 Å². The fourth-order valence-electron chi connectivity index (χ4n) is 3.78. The van der Waals surface area contributed by atoms with Gasteiger partial charge in [-0.25, -0.2) is 4.79 Å². The van der Waals surface area contributed by atoms with Crippen molar-refractivity contribution in [1.82, 2.24) is 4.90 Å². The van der Waals surface area contributed by atoms with Crippen LogP contribution in [0, 0.1) is 5.41 Å². The van der Waals surface area contributed by atoms with Gasteiger partial charge in [0.05, 0.1) is 5.60 Å². The van der Waals surface area contributed by atoms with E-state index in [1.165, 1.54) is 0 Å². The molecule has 2 fully saturated rings. The van der Waals surface area contributed by atoms with E-state index in [2.05, 4.69) is 15.9 Å². The Morgan fingerprint density at radius 3 is 2.61 bits per heavy atom. The lowest BCUT2D eigenvalue weighted by Gasteiger charge is -2.48. The third kappa shape index (κ3) is 3.41. The third-order valence-corrected chi connectivity index (χ3v) is 5.30. The van der Waals surface area contributed by atoms with Crippen LogP contribution in [-0.4, -0.2) is 34.8 Å². The zero-order valence-corrected chi connectivity index (χ0v) is 15.5. The summed E-state index contributed by atoms with van der Waals surface area (Å²) in [6.07, 6.45) is 2.14. The molecule has 1 N–H and O–H groups in total. The summed E-state index contributed by atoms with van der Waals surface area (Å²) >= 11 is 3.47. The van der Waals surface area contributed by atoms with Crippen molar-refractivity contribution in [2.75, 3.05) is 13.1 Å². The summed E-state index contributed by atoms with van der Waals surface area (Å²) in [5, 5.41) is 11.0. The van der Waals surface area contributed by atoms with Crippen LogP contribution in [-0.2, 0) is 10.3 Å². The Bertz CT molecular complexity index is 619. The SMILES string of the molecule is CC(C)(C)OC(=O)N1CC2(CCC(O)(c3cccc(Br)c3)C2)C1. The number of ether oxygens (including phenoxy) is 1. The van der Waals surface area contributed by atoms with Gasteiger partial charge in [-0.05, 0) is 57.7 Å². The molecule has 1 saturated carbocycles. The van der Waals surface area contributed by atoms with Crippen LogP contribution in [0.2, 0.25) is 0 Å². The lowest BCUT2D eigenvalue weighted by molar-refractivity contribution is -0.0478. The molecule has 1 aliphatic heterocycles. The minimum Gasteiger partial charge on any atom is -0.444 e. The van der Waals surface area contributed by atoms with Crippen LogP contribution in [0.1, 0.15) is 45.6 Å². The molecular weight excluding hydrogens is 358 g/mol. The van der Waals surface area contributed by atoms with Gasteiger partial charge >= 0.3 is 6.09 Å². The van der Waals surface area contributed by atoms with Crippen molar-refractivity contribution >= 4 is 22.0 Å². The molecule has 4 nitrogen and oxygen atoms in total. The number of halogens is 1. The second kappa shape index (κ2) is 5.49. The maximum atomic E-state index is 12.1. The van der Waals surface area contributed by atoms with E-state index < -0.39 is 11.2 Å². The first-order valence-electron chi connectivity index (χ1n) is 8.07. The van der Waals surface area contributed by atoms with Crippen molar-refractivity contribution in [3.8, 4) is 0 Å². The van der Waals surface area contributed by atoms with Gasteiger partial charge in [-0.15, -0.1) is 0 Å². The number of hydrogen-bond acceptors (Lipinski definition) is 3. The fourth-order valence-corrected chi connectivity index (χ4v) is 4.18. The van der Waals surface area contributed by atoms with Crippen LogP contribution in [0.3, 0.4) is 0 Å². The molecule has 1 saturated heterocycles. The molecule has 0 aromatic heterocycles. The molecule has 2 aliphatic rings. The first kappa shape index (κ1) is 16.8. The summed E-state index contributed by atoms with van der Waals surface area (Å²) in [6, 6.07) is 7.89. The maximum absolute atomic E-state index is 12.1. The quantitative estimate of drug-likeness (QED) is 0.797. The molecule has 0 radical (unpaired) electrons. The van der Waals surface area contributed by atoms with Gasteiger partial charge in [0.25, 0.3) is 0 Å². The summed E-state index contributed by atoms with van der Waals surface area (Å²) < 4.78 is 6.39. The zero-order valence-electron chi connectivity index (χ0n) is 13.9. The van der Waals surface area contributed by atoms with E-state index in [1.54, 1.807) is 4.90 Å². The predicted molar refractivity (Wildman–Crippen MR) is 92.1 cm³/mol. The second-order valence-corrected chi connectivity index (χ2v) is 8.97. The number of carbonyl (C=O) groups is 1. The lowest BCUT2D eigenvalue weighted by atomic mass is 9.76. The van der Waals surface area contributed by atoms with Crippen molar-refractivity contribution < 1.29 is 14.6 Å². The van der Waals surface area contributed by atoms with E-state index in [0.717, 1.165) is 22.9 Å². The molecule has 5 heteroatoms. The Kier molecular flexibility index (Phi) is 4.00. The summed E-state index contributed by atoms with van der Waals surface area (Å²) in [5.41, 5.74) is -0.260. The number of carbonyl (C=O) groups excluding carboxylic acids is 1. The van der Waals surface area contributed by atoms with E-state index in [0.29, 0.717) is 19.5 Å². The molecule has 1 aliphatic carbocycles. The molecule has 3 rings (SSSR count). The average molecular weight is 382 g/mol. The molecule has 126 valence electrons. The molecule has 23 heavy (non-hydrogen) atoms. The Hall–Kier alpha value is -1.07. The Morgan fingerprint density at radius 2 is 2.00 bits per heavy atom. The van der Waals surface area contributed by atoms with E-state index in [9.17, 15) is 9.90 Å². The smallest absolute Gasteiger partial charge is 0.410 e. The van der Waals surface area contributed by atoms with Crippen molar-refractivity contribution in [2.45, 2.75) is 51.2 Å². The first-order valence-corrected chi connectivity index (χ1v) is 8.87. The Morgan fingerprint density at radius 1 is 1.30 bits per heavy atom. The van der Waals surface area contributed by atoms with Gasteiger partial charge in [0.15, 0.2) is 0 Å². The van der Waals surface area contributed by atoms with E-state index in [-0.39, 0.29) is 11.5 Å². The maximum Gasteiger partial charge on any atom is 0.410 e. The van der Waals surface area contributed by atoms with Gasteiger partial charge in [-0.2, -0.15) is 0 Å². The van der Waals surface area contributed by atoms with Crippen LogP contribution in [0.5, 0.6) is 0 Å². The average Bonchev–Trinajstić information content (AvgIpc) is 2.75. The van der Waals surface area contributed by atoms with E-state index >= 15 is 0 Å². The number of rotatable bonds is 1. The van der Waals surface area contributed by atoms with Crippen molar-refractivity contribution in [2.24, 2.45) is 5.41 Å². The molecule has 1 amide bonds. The summed E-state index contributed by atoms with van der Waals surface area (Å²) in [7, 11) is 0. The normalized spacial score (nSPS) is 26.2. The number of aliphatic hydroxyl groups is 1. The highest BCUT2D eigenvalue weighted by Crippen LogP contribution is 2.54. The lowest BCUT2D eigenvalue weighted by Crippen LogP contribution is -2.58. The fraction of sp³-hybridized carbons (Fsp3) is 0.611. The monoisotopic (exact) mass is 381 g/mol. The minimum atomic E-state index is -0.788. The first-order chi connectivity index (χ1) is 10.6. The summed E-state index contributed by atoms with van der Waals surface area (Å²) in [4.78, 5) is 13.8. The van der Waals surface area contributed by atoms with Gasteiger partial charge in [0, 0.05) is 23.0 Å². The van der Waals surface area contributed by atoms with Gasteiger partial charge in [0.1, 0.15) is 5.60 Å². The van der Waals surface area contributed by atoms with Gasteiger partial charge < -0.3 is 14.7 Å². The molecule has 1 spiro atoms. The number of amides is 1. The second-order valence-electron chi connectivity index (χ2n) is 8.06. The summed E-state index contributed by atoms with van der Waals surface area (Å²) in [6.45, 7) is 6.99. The van der Waals surface area contributed by atoms with Crippen LogP contribution >= 0.6 is 15.9 Å². The number of hydrogen-bond donors (Lipinski definition) is 1. The molecule has 1 atom stereocenters. The number of nitrogens with zero attached hydrogens (tertiary/aromatic N) is 1. The molecule has 1 aromatic carbocycles. The topological polar surface area (TPSA) is 49.8 Å². The predicted octanol–water partition coefficient (Wildman–Crippen LogP) is 4.06. The van der Waals surface area contributed by atoms with Gasteiger partial charge in [-0.1, -0.05) is 28.1 Å². The number of benzene rings is 1. The number of likely N-dealkylation sites (tertiary alicyclic amines) is 1.